The molecule has 0 radical (unpaired) electrons. The number of aliphatic hydroxyl groups is 13. The van der Waals surface area contributed by atoms with E-state index in [-0.39, 0.29) is 0 Å². The molecule has 4 fully saturated rings. The van der Waals surface area contributed by atoms with Crippen molar-refractivity contribution < 1.29 is 99.5 Å². The van der Waals surface area contributed by atoms with E-state index in [2.05, 4.69) is 0 Å². The fourth-order valence-corrected chi connectivity index (χ4v) is 5.49. The molecule has 4 rings (SSSR count). The van der Waals surface area contributed by atoms with Gasteiger partial charge in [0.05, 0.1) is 25.9 Å². The lowest BCUT2D eigenvalue weighted by atomic mass is 9.95. The smallest absolute Gasteiger partial charge is 0.187 e. The van der Waals surface area contributed by atoms with Gasteiger partial charge in [-0.25, -0.2) is 0 Å². The molecule has 4 aliphatic rings. The first-order valence-electron chi connectivity index (χ1n) is 14.0. The lowest BCUT2D eigenvalue weighted by Gasteiger charge is -2.48. The van der Waals surface area contributed by atoms with Gasteiger partial charge >= 0.3 is 0 Å². The number of rotatable bonds is 9. The van der Waals surface area contributed by atoms with E-state index in [0.29, 0.717) is 0 Å². The van der Waals surface area contributed by atoms with Crippen LogP contribution in [0.15, 0.2) is 0 Å². The van der Waals surface area contributed by atoms with Gasteiger partial charge in [0.25, 0.3) is 0 Å². The number of ether oxygens (including phenoxy) is 7. The first-order chi connectivity index (χ1) is 20.7. The summed E-state index contributed by atoms with van der Waals surface area (Å²) in [6.45, 7) is -1.14. The first kappa shape index (κ1) is 36.0. The van der Waals surface area contributed by atoms with Gasteiger partial charge in [-0.3, -0.25) is 0 Å². The van der Waals surface area contributed by atoms with Crippen molar-refractivity contribution in [1.82, 2.24) is 0 Å². The summed E-state index contributed by atoms with van der Waals surface area (Å²) in [5, 5.41) is 133. The van der Waals surface area contributed by atoms with E-state index in [0.717, 1.165) is 0 Å². The van der Waals surface area contributed by atoms with Gasteiger partial charge in [0, 0.05) is 0 Å². The van der Waals surface area contributed by atoms with Crippen LogP contribution in [-0.4, -0.2) is 209 Å². The van der Waals surface area contributed by atoms with E-state index in [1.54, 1.807) is 0 Å². The molecule has 20 atom stereocenters. The van der Waals surface area contributed by atoms with Crippen molar-refractivity contribution in [3.8, 4) is 0 Å². The molecule has 1 unspecified atom stereocenters. The Kier molecular flexibility index (Phi) is 12.3. The van der Waals surface area contributed by atoms with E-state index in [1.165, 1.54) is 6.92 Å². The zero-order valence-corrected chi connectivity index (χ0v) is 23.3. The summed E-state index contributed by atoms with van der Waals surface area (Å²) < 4.78 is 37.9. The van der Waals surface area contributed by atoms with Crippen molar-refractivity contribution >= 4 is 0 Å². The lowest BCUT2D eigenvalue weighted by molar-refractivity contribution is -0.387. The Morgan fingerprint density at radius 2 is 0.750 bits per heavy atom. The van der Waals surface area contributed by atoms with Gasteiger partial charge < -0.3 is 99.5 Å². The van der Waals surface area contributed by atoms with Crippen molar-refractivity contribution in [2.75, 3.05) is 19.8 Å². The van der Waals surface area contributed by atoms with Crippen LogP contribution in [0.1, 0.15) is 6.92 Å². The Balaban J connectivity index is 1.43. The zero-order valence-electron chi connectivity index (χ0n) is 23.3. The Bertz CT molecular complexity index is 896. The van der Waals surface area contributed by atoms with E-state index >= 15 is 0 Å². The highest BCUT2D eigenvalue weighted by Gasteiger charge is 2.54. The number of aliphatic hydroxyl groups excluding tert-OH is 13. The topological polar surface area (TPSA) is 328 Å². The van der Waals surface area contributed by atoms with Crippen LogP contribution >= 0.6 is 0 Å². The van der Waals surface area contributed by atoms with Gasteiger partial charge in [-0.2, -0.15) is 0 Å². The summed E-state index contributed by atoms with van der Waals surface area (Å²) >= 11 is 0. The Labute approximate surface area is 249 Å². The van der Waals surface area contributed by atoms with Gasteiger partial charge in [-0.1, -0.05) is 0 Å². The number of hydrogen-bond acceptors (Lipinski definition) is 20. The predicted octanol–water partition coefficient (Wildman–Crippen LogP) is -8.72. The van der Waals surface area contributed by atoms with Gasteiger partial charge in [0.15, 0.2) is 25.2 Å². The van der Waals surface area contributed by atoms with Gasteiger partial charge in [-0.05, 0) is 6.92 Å². The molecule has 0 aromatic heterocycles. The van der Waals surface area contributed by atoms with Crippen molar-refractivity contribution in [1.29, 1.82) is 0 Å². The third-order valence-electron chi connectivity index (χ3n) is 8.16. The third-order valence-corrected chi connectivity index (χ3v) is 8.16. The second-order valence-electron chi connectivity index (χ2n) is 11.1. The van der Waals surface area contributed by atoms with E-state index in [1.807, 2.05) is 0 Å². The first-order valence-corrected chi connectivity index (χ1v) is 14.0. The minimum absolute atomic E-state index is 0.796. The molecule has 0 spiro atoms. The van der Waals surface area contributed by atoms with Crippen molar-refractivity contribution in [3.63, 3.8) is 0 Å². The molecule has 258 valence electrons. The molecule has 44 heavy (non-hydrogen) atoms. The fraction of sp³-hybridized carbons (Fsp3) is 1.00. The van der Waals surface area contributed by atoms with Crippen LogP contribution in [0.2, 0.25) is 0 Å². The Morgan fingerprint density at radius 3 is 1.16 bits per heavy atom. The molecule has 4 heterocycles. The molecule has 0 aromatic rings. The Morgan fingerprint density at radius 1 is 0.409 bits per heavy atom. The molecule has 4 aliphatic heterocycles. The minimum Gasteiger partial charge on any atom is -0.394 e. The van der Waals surface area contributed by atoms with Gasteiger partial charge in [0.1, 0.15) is 91.6 Å². The minimum atomic E-state index is -1.98. The van der Waals surface area contributed by atoms with Crippen LogP contribution in [0.4, 0.5) is 0 Å². The summed E-state index contributed by atoms with van der Waals surface area (Å²) in [6, 6.07) is 0. The highest BCUT2D eigenvalue weighted by molar-refractivity contribution is 4.97. The average molecular weight is 651 g/mol. The molecule has 4 saturated heterocycles. The second-order valence-corrected chi connectivity index (χ2v) is 11.1. The SMILES string of the molecule is C[C@@H]1O[C@@H](O[C@@H]2[C@H](O)[C@@H](O)[C@H](O[C@@H]3[C@H](O)[C@@H](O)[C@H](O[C@@H]4[C@H](O)[C@@H](O)C(O)O[C@@H]4CO)O[C@@H]3CO)O[C@@H]2CO)[C@H](O)[C@H](O)[C@H]1O. The van der Waals surface area contributed by atoms with Crippen LogP contribution in [0.25, 0.3) is 0 Å². The third kappa shape index (κ3) is 7.05. The zero-order chi connectivity index (χ0) is 32.6. The largest absolute Gasteiger partial charge is 0.394 e. The van der Waals surface area contributed by atoms with Crippen LogP contribution in [0.5, 0.6) is 0 Å². The van der Waals surface area contributed by atoms with E-state index in [9.17, 15) is 66.4 Å². The van der Waals surface area contributed by atoms with Crippen molar-refractivity contribution in [2.45, 2.75) is 130 Å². The van der Waals surface area contributed by atoms with Gasteiger partial charge in [0.2, 0.25) is 0 Å². The van der Waals surface area contributed by atoms with Crippen LogP contribution < -0.4 is 0 Å². The van der Waals surface area contributed by atoms with Crippen LogP contribution in [0, 0.1) is 0 Å². The maximum Gasteiger partial charge on any atom is 0.187 e. The summed E-state index contributed by atoms with van der Waals surface area (Å²) in [5.74, 6) is 0. The second kappa shape index (κ2) is 15.0. The van der Waals surface area contributed by atoms with E-state index in [4.69, 9.17) is 33.2 Å². The molecule has 0 aromatic carbocycles. The molecule has 0 saturated carbocycles. The van der Waals surface area contributed by atoms with E-state index < -0.39 is 143 Å². The lowest BCUT2D eigenvalue weighted by Crippen LogP contribution is -2.67. The normalized spacial score (nSPS) is 53.9. The number of hydrogen-bond donors (Lipinski definition) is 13. The maximum atomic E-state index is 10.9. The van der Waals surface area contributed by atoms with Crippen LogP contribution in [0.3, 0.4) is 0 Å². The van der Waals surface area contributed by atoms with Crippen molar-refractivity contribution in [2.24, 2.45) is 0 Å². The fourth-order valence-electron chi connectivity index (χ4n) is 5.49. The summed E-state index contributed by atoms with van der Waals surface area (Å²) in [4.78, 5) is 0. The highest BCUT2D eigenvalue weighted by Crippen LogP contribution is 2.34. The molecule has 13 N–H and O–H groups in total. The summed E-state index contributed by atoms with van der Waals surface area (Å²) in [5.41, 5.74) is 0. The van der Waals surface area contributed by atoms with Crippen LogP contribution in [-0.2, 0) is 33.2 Å². The quantitative estimate of drug-likeness (QED) is 0.110. The molecule has 20 heteroatoms. The average Bonchev–Trinajstić information content (AvgIpc) is 3.01. The standard InChI is InChI=1S/C24H42O20/c1-5-9(28)10(29)15(34)22(38-5)42-19-7(3-26)40-24(16(35)12(19)31)44-20-8(4-27)41-23(17(36)13(20)32)43-18-6(2-25)39-21(37)14(33)11(18)30/h5-37H,2-4H2,1H3/t5-,6+,7+,8+,9-,10+,11+,12+,13+,14+,15+,16+,17+,18-,19-,20-,21?,22-,23-,24-/m0/s1. The molecule has 0 amide bonds. The highest BCUT2D eigenvalue weighted by atomic mass is 16.8. The molecule has 20 nitrogen and oxygen atoms in total. The summed E-state index contributed by atoms with van der Waals surface area (Å²) in [7, 11) is 0. The van der Waals surface area contributed by atoms with Gasteiger partial charge in [-0.15, -0.1) is 0 Å². The monoisotopic (exact) mass is 650 g/mol. The summed E-state index contributed by atoms with van der Waals surface area (Å²) in [6.07, 6.45) is -33.8. The molecular formula is C24H42O20. The molecular weight excluding hydrogens is 608 g/mol. The predicted molar refractivity (Wildman–Crippen MR) is 132 cm³/mol. The maximum absolute atomic E-state index is 10.9. The Hall–Kier alpha value is -0.800. The molecule has 0 aliphatic carbocycles. The van der Waals surface area contributed by atoms with Crippen molar-refractivity contribution in [3.05, 3.63) is 0 Å². The molecule has 0 bridgehead atoms.